The smallest absolute Gasteiger partial charge is 0.252 e. The van der Waals surface area contributed by atoms with Crippen LogP contribution in [-0.4, -0.2) is 37.1 Å². The molecule has 0 radical (unpaired) electrons. The van der Waals surface area contributed by atoms with E-state index < -0.39 is 6.04 Å². The molecule has 28 heavy (non-hydrogen) atoms. The van der Waals surface area contributed by atoms with Crippen molar-refractivity contribution in [2.45, 2.75) is 32.9 Å². The van der Waals surface area contributed by atoms with Gasteiger partial charge in [-0.1, -0.05) is 44.2 Å². The molecule has 3 rings (SSSR count). The van der Waals surface area contributed by atoms with Crippen molar-refractivity contribution in [2.24, 2.45) is 5.92 Å². The molecule has 0 aliphatic carbocycles. The van der Waals surface area contributed by atoms with E-state index >= 15 is 0 Å². The van der Waals surface area contributed by atoms with Gasteiger partial charge in [-0.25, -0.2) is 0 Å². The quantitative estimate of drug-likeness (QED) is 0.805. The SMILES string of the molecule is Cc1ccccc1C(=O)NC(C(=O)NCC1COc2ccccc2O1)C(C)C. The molecule has 0 saturated heterocycles. The Morgan fingerprint density at radius 2 is 1.75 bits per heavy atom. The van der Waals surface area contributed by atoms with Gasteiger partial charge in [-0.15, -0.1) is 0 Å². The van der Waals surface area contributed by atoms with Crippen LogP contribution in [0.1, 0.15) is 29.8 Å². The van der Waals surface area contributed by atoms with E-state index in [0.717, 1.165) is 5.56 Å². The first-order chi connectivity index (χ1) is 13.5. The molecule has 0 fully saturated rings. The van der Waals surface area contributed by atoms with Crippen LogP contribution in [0.3, 0.4) is 0 Å². The Balaban J connectivity index is 1.58. The summed E-state index contributed by atoms with van der Waals surface area (Å²) in [6.07, 6.45) is -0.279. The molecule has 0 spiro atoms. The fraction of sp³-hybridized carbons (Fsp3) is 0.364. The number of carbonyl (C=O) groups excluding carboxylic acids is 2. The van der Waals surface area contributed by atoms with Gasteiger partial charge in [-0.2, -0.15) is 0 Å². The summed E-state index contributed by atoms with van der Waals surface area (Å²) in [5, 5.41) is 5.73. The van der Waals surface area contributed by atoms with Crippen LogP contribution in [0.2, 0.25) is 0 Å². The average molecular weight is 382 g/mol. The molecule has 6 nitrogen and oxygen atoms in total. The van der Waals surface area contributed by atoms with Crippen LogP contribution in [0, 0.1) is 12.8 Å². The second-order valence-corrected chi connectivity index (χ2v) is 7.25. The second kappa shape index (κ2) is 8.78. The molecule has 2 unspecified atom stereocenters. The number of amides is 2. The lowest BCUT2D eigenvalue weighted by molar-refractivity contribution is -0.124. The first-order valence-corrected chi connectivity index (χ1v) is 9.48. The monoisotopic (exact) mass is 382 g/mol. The summed E-state index contributed by atoms with van der Waals surface area (Å²) in [6.45, 7) is 6.34. The molecule has 2 atom stereocenters. The zero-order valence-electron chi connectivity index (χ0n) is 16.4. The van der Waals surface area contributed by atoms with E-state index in [4.69, 9.17) is 9.47 Å². The van der Waals surface area contributed by atoms with Crippen LogP contribution < -0.4 is 20.1 Å². The van der Waals surface area contributed by atoms with Crippen molar-refractivity contribution in [1.29, 1.82) is 0 Å². The van der Waals surface area contributed by atoms with Gasteiger partial charge < -0.3 is 20.1 Å². The largest absolute Gasteiger partial charge is 0.486 e. The predicted molar refractivity (Wildman–Crippen MR) is 107 cm³/mol. The van der Waals surface area contributed by atoms with Crippen molar-refractivity contribution in [3.63, 3.8) is 0 Å². The van der Waals surface area contributed by atoms with Crippen LogP contribution in [0.25, 0.3) is 0 Å². The van der Waals surface area contributed by atoms with E-state index in [1.54, 1.807) is 6.07 Å². The van der Waals surface area contributed by atoms with Gasteiger partial charge in [0.05, 0.1) is 6.54 Å². The summed E-state index contributed by atoms with van der Waals surface area (Å²) in [6, 6.07) is 14.1. The van der Waals surface area contributed by atoms with E-state index in [1.807, 2.05) is 63.2 Å². The third kappa shape index (κ3) is 4.63. The number of aryl methyl sites for hydroxylation is 1. The van der Waals surface area contributed by atoms with Gasteiger partial charge in [0.15, 0.2) is 11.5 Å². The normalized spacial score (nSPS) is 16.4. The van der Waals surface area contributed by atoms with Crippen LogP contribution in [0.15, 0.2) is 48.5 Å². The van der Waals surface area contributed by atoms with Gasteiger partial charge in [0.25, 0.3) is 5.91 Å². The van der Waals surface area contributed by atoms with Crippen LogP contribution >= 0.6 is 0 Å². The molecule has 2 aromatic rings. The topological polar surface area (TPSA) is 76.7 Å². The standard InChI is InChI=1S/C22H26N2O4/c1-14(2)20(24-21(25)17-9-5-4-8-15(17)3)22(26)23-12-16-13-27-18-10-6-7-11-19(18)28-16/h4-11,14,16,20H,12-13H2,1-3H3,(H,23,26)(H,24,25). The van der Waals surface area contributed by atoms with E-state index in [0.29, 0.717) is 30.2 Å². The van der Waals surface area contributed by atoms with E-state index in [2.05, 4.69) is 10.6 Å². The Kier molecular flexibility index (Phi) is 6.19. The van der Waals surface area contributed by atoms with Crippen LogP contribution in [0.5, 0.6) is 11.5 Å². The van der Waals surface area contributed by atoms with E-state index in [1.165, 1.54) is 0 Å². The number of fused-ring (bicyclic) bond motifs is 1. The van der Waals surface area contributed by atoms with Gasteiger partial charge in [0.1, 0.15) is 18.8 Å². The summed E-state index contributed by atoms with van der Waals surface area (Å²) < 4.78 is 11.5. The summed E-state index contributed by atoms with van der Waals surface area (Å²) >= 11 is 0. The lowest BCUT2D eigenvalue weighted by atomic mass is 10.0. The Bertz CT molecular complexity index is 850. The molecule has 0 aromatic heterocycles. The highest BCUT2D eigenvalue weighted by Crippen LogP contribution is 2.30. The molecule has 1 aliphatic rings. The molecule has 6 heteroatoms. The summed E-state index contributed by atoms with van der Waals surface area (Å²) in [7, 11) is 0. The van der Waals surface area contributed by atoms with Crippen molar-refractivity contribution in [2.75, 3.05) is 13.2 Å². The lowest BCUT2D eigenvalue weighted by Gasteiger charge is -2.28. The molecule has 2 N–H and O–H groups in total. The molecular formula is C22H26N2O4. The number of benzene rings is 2. The minimum Gasteiger partial charge on any atom is -0.486 e. The summed E-state index contributed by atoms with van der Waals surface area (Å²) in [5.41, 5.74) is 1.44. The summed E-state index contributed by atoms with van der Waals surface area (Å²) in [4.78, 5) is 25.3. The maximum atomic E-state index is 12.7. The third-order valence-electron chi connectivity index (χ3n) is 4.70. The van der Waals surface area contributed by atoms with Crippen molar-refractivity contribution >= 4 is 11.8 Å². The molecule has 0 saturated carbocycles. The van der Waals surface area contributed by atoms with Crippen molar-refractivity contribution < 1.29 is 19.1 Å². The van der Waals surface area contributed by atoms with Crippen molar-refractivity contribution in [1.82, 2.24) is 10.6 Å². The van der Waals surface area contributed by atoms with Crippen molar-refractivity contribution in [3.05, 3.63) is 59.7 Å². The Morgan fingerprint density at radius 1 is 1.07 bits per heavy atom. The highest BCUT2D eigenvalue weighted by molar-refractivity contribution is 5.98. The van der Waals surface area contributed by atoms with Gasteiger partial charge >= 0.3 is 0 Å². The van der Waals surface area contributed by atoms with Gasteiger partial charge in [-0.3, -0.25) is 9.59 Å². The van der Waals surface area contributed by atoms with Gasteiger partial charge in [-0.05, 0) is 36.6 Å². The average Bonchev–Trinajstić information content (AvgIpc) is 2.70. The summed E-state index contributed by atoms with van der Waals surface area (Å²) in [5.74, 6) is 0.826. The maximum Gasteiger partial charge on any atom is 0.252 e. The number of hydrogen-bond acceptors (Lipinski definition) is 4. The molecular weight excluding hydrogens is 356 g/mol. The number of ether oxygens (including phenoxy) is 2. The molecule has 148 valence electrons. The number of carbonyl (C=O) groups is 2. The predicted octanol–water partition coefficient (Wildman–Crippen LogP) is 2.71. The minimum absolute atomic E-state index is 0.0581. The molecule has 0 bridgehead atoms. The zero-order valence-corrected chi connectivity index (χ0v) is 16.4. The minimum atomic E-state index is -0.635. The molecule has 2 amide bonds. The fourth-order valence-corrected chi connectivity index (χ4v) is 3.07. The zero-order chi connectivity index (χ0) is 20.1. The number of rotatable bonds is 6. The fourth-order valence-electron chi connectivity index (χ4n) is 3.07. The first kappa shape index (κ1) is 19.7. The molecule has 1 aliphatic heterocycles. The van der Waals surface area contributed by atoms with Gasteiger partial charge in [0, 0.05) is 5.56 Å². The Hall–Kier alpha value is -3.02. The third-order valence-corrected chi connectivity index (χ3v) is 4.70. The first-order valence-electron chi connectivity index (χ1n) is 9.48. The van der Waals surface area contributed by atoms with E-state index in [9.17, 15) is 9.59 Å². The van der Waals surface area contributed by atoms with E-state index in [-0.39, 0.29) is 23.8 Å². The Morgan fingerprint density at radius 3 is 2.46 bits per heavy atom. The lowest BCUT2D eigenvalue weighted by Crippen LogP contribution is -2.52. The number of para-hydroxylation sites is 2. The highest BCUT2D eigenvalue weighted by Gasteiger charge is 2.27. The second-order valence-electron chi connectivity index (χ2n) is 7.25. The highest BCUT2D eigenvalue weighted by atomic mass is 16.6. The number of hydrogen-bond donors (Lipinski definition) is 2. The molecule has 1 heterocycles. The molecule has 2 aromatic carbocycles. The van der Waals surface area contributed by atoms with Crippen molar-refractivity contribution in [3.8, 4) is 11.5 Å². The van der Waals surface area contributed by atoms with Crippen LogP contribution in [0.4, 0.5) is 0 Å². The van der Waals surface area contributed by atoms with Gasteiger partial charge in [0.2, 0.25) is 5.91 Å². The van der Waals surface area contributed by atoms with Crippen LogP contribution in [-0.2, 0) is 4.79 Å². The Labute approximate surface area is 165 Å². The maximum absolute atomic E-state index is 12.7. The number of nitrogens with one attached hydrogen (secondary N) is 2.